The lowest BCUT2D eigenvalue weighted by Crippen LogP contribution is -2.57. The highest BCUT2D eigenvalue weighted by atomic mass is 16.4. The quantitative estimate of drug-likeness (QED) is 0.316. The van der Waals surface area contributed by atoms with Crippen LogP contribution in [0.1, 0.15) is 61.3 Å². The van der Waals surface area contributed by atoms with Crippen molar-refractivity contribution in [1.29, 1.82) is 0 Å². The molecule has 5 atom stereocenters. The maximum absolute atomic E-state index is 12.7. The van der Waals surface area contributed by atoms with Crippen LogP contribution in [0.4, 0.5) is 0 Å². The SMILES string of the molecule is CCC(C)C(NC(=O)C(CC(C)C)NC(=O)C(C)NC(=O)C(N)C(C)C)C(=O)O. The Morgan fingerprint density at radius 3 is 1.83 bits per heavy atom. The fraction of sp³-hybridized carbons (Fsp3) is 0.800. The first kappa shape index (κ1) is 26.8. The summed E-state index contributed by atoms with van der Waals surface area (Å²) in [6, 6.07) is -3.58. The molecule has 6 N–H and O–H groups in total. The van der Waals surface area contributed by atoms with Gasteiger partial charge in [0.1, 0.15) is 18.1 Å². The van der Waals surface area contributed by atoms with E-state index >= 15 is 0 Å². The minimum Gasteiger partial charge on any atom is -0.480 e. The summed E-state index contributed by atoms with van der Waals surface area (Å²) in [6.07, 6.45) is 0.911. The molecule has 9 nitrogen and oxygen atoms in total. The summed E-state index contributed by atoms with van der Waals surface area (Å²) in [5.74, 6) is -2.93. The second kappa shape index (κ2) is 12.4. The highest BCUT2D eigenvalue weighted by Gasteiger charge is 2.31. The molecule has 168 valence electrons. The zero-order valence-electron chi connectivity index (χ0n) is 18.6. The van der Waals surface area contributed by atoms with E-state index in [1.54, 1.807) is 20.8 Å². The first-order chi connectivity index (χ1) is 13.3. The lowest BCUT2D eigenvalue weighted by molar-refractivity contribution is -0.144. The maximum Gasteiger partial charge on any atom is 0.326 e. The van der Waals surface area contributed by atoms with E-state index in [0.29, 0.717) is 12.8 Å². The first-order valence-corrected chi connectivity index (χ1v) is 10.2. The summed E-state index contributed by atoms with van der Waals surface area (Å²) in [5, 5.41) is 17.1. The second-order valence-electron chi connectivity index (χ2n) is 8.40. The minimum atomic E-state index is -1.12. The van der Waals surface area contributed by atoms with E-state index in [9.17, 15) is 24.3 Å². The largest absolute Gasteiger partial charge is 0.480 e. The number of nitrogens with one attached hydrogen (secondary N) is 3. The van der Waals surface area contributed by atoms with Crippen LogP contribution in [-0.4, -0.2) is 53.0 Å². The number of hydrogen-bond acceptors (Lipinski definition) is 5. The molecule has 0 saturated carbocycles. The molecule has 0 aromatic carbocycles. The van der Waals surface area contributed by atoms with E-state index in [-0.39, 0.29) is 17.8 Å². The Labute approximate surface area is 173 Å². The Bertz CT molecular complexity index is 579. The third-order valence-corrected chi connectivity index (χ3v) is 4.89. The first-order valence-electron chi connectivity index (χ1n) is 10.2. The molecule has 9 heteroatoms. The molecule has 0 heterocycles. The molecule has 0 aliphatic carbocycles. The van der Waals surface area contributed by atoms with Crippen LogP contribution in [0.25, 0.3) is 0 Å². The van der Waals surface area contributed by atoms with E-state index in [1.807, 2.05) is 20.8 Å². The van der Waals surface area contributed by atoms with Crippen molar-refractivity contribution in [1.82, 2.24) is 16.0 Å². The van der Waals surface area contributed by atoms with Crippen LogP contribution >= 0.6 is 0 Å². The second-order valence-corrected chi connectivity index (χ2v) is 8.40. The molecule has 0 radical (unpaired) electrons. The van der Waals surface area contributed by atoms with Gasteiger partial charge < -0.3 is 26.8 Å². The van der Waals surface area contributed by atoms with Crippen molar-refractivity contribution < 1.29 is 24.3 Å². The Balaban J connectivity index is 5.18. The van der Waals surface area contributed by atoms with E-state index in [4.69, 9.17) is 5.73 Å². The third-order valence-electron chi connectivity index (χ3n) is 4.89. The monoisotopic (exact) mass is 414 g/mol. The molecule has 29 heavy (non-hydrogen) atoms. The van der Waals surface area contributed by atoms with Gasteiger partial charge in [0, 0.05) is 0 Å². The number of aliphatic carboxylic acids is 1. The fourth-order valence-corrected chi connectivity index (χ4v) is 2.61. The summed E-state index contributed by atoms with van der Waals surface area (Å²) in [7, 11) is 0. The van der Waals surface area contributed by atoms with Crippen molar-refractivity contribution in [3.05, 3.63) is 0 Å². The highest BCUT2D eigenvalue weighted by molar-refractivity contribution is 5.93. The van der Waals surface area contributed by atoms with Crippen LogP contribution < -0.4 is 21.7 Å². The van der Waals surface area contributed by atoms with Crippen molar-refractivity contribution in [3.63, 3.8) is 0 Å². The number of rotatable bonds is 12. The van der Waals surface area contributed by atoms with Gasteiger partial charge in [0.25, 0.3) is 0 Å². The van der Waals surface area contributed by atoms with Gasteiger partial charge in [-0.2, -0.15) is 0 Å². The fourth-order valence-electron chi connectivity index (χ4n) is 2.61. The molecular weight excluding hydrogens is 376 g/mol. The van der Waals surface area contributed by atoms with Crippen molar-refractivity contribution in [2.75, 3.05) is 0 Å². The number of carbonyl (C=O) groups excluding carboxylic acids is 3. The summed E-state index contributed by atoms with van der Waals surface area (Å²) in [5.41, 5.74) is 5.78. The average Bonchev–Trinajstić information content (AvgIpc) is 2.62. The molecule has 0 aliphatic rings. The van der Waals surface area contributed by atoms with Gasteiger partial charge in [0.15, 0.2) is 0 Å². The predicted octanol–water partition coefficient (Wildman–Crippen LogP) is 0.621. The molecule has 0 saturated heterocycles. The van der Waals surface area contributed by atoms with Gasteiger partial charge in [-0.25, -0.2) is 4.79 Å². The van der Waals surface area contributed by atoms with E-state index in [2.05, 4.69) is 16.0 Å². The number of carboxylic acids is 1. The Morgan fingerprint density at radius 1 is 0.862 bits per heavy atom. The smallest absolute Gasteiger partial charge is 0.326 e. The van der Waals surface area contributed by atoms with Gasteiger partial charge in [0.2, 0.25) is 17.7 Å². The summed E-state index contributed by atoms with van der Waals surface area (Å²) in [4.78, 5) is 48.8. The normalized spacial score (nSPS) is 16.5. The van der Waals surface area contributed by atoms with Crippen LogP contribution in [0.15, 0.2) is 0 Å². The molecule has 0 aliphatic heterocycles. The van der Waals surface area contributed by atoms with Crippen molar-refractivity contribution in [3.8, 4) is 0 Å². The van der Waals surface area contributed by atoms with Crippen LogP contribution in [0.5, 0.6) is 0 Å². The number of nitrogens with two attached hydrogens (primary N) is 1. The zero-order chi connectivity index (χ0) is 22.9. The van der Waals surface area contributed by atoms with Crippen LogP contribution in [0, 0.1) is 17.8 Å². The average molecular weight is 415 g/mol. The molecule has 0 spiro atoms. The Morgan fingerprint density at radius 2 is 1.41 bits per heavy atom. The molecule has 0 bridgehead atoms. The summed E-state index contributed by atoms with van der Waals surface area (Å²) in [6.45, 7) is 12.5. The molecule has 3 amide bonds. The number of hydrogen-bond donors (Lipinski definition) is 5. The van der Waals surface area contributed by atoms with Crippen LogP contribution in [-0.2, 0) is 19.2 Å². The Hall–Kier alpha value is -2.16. The predicted molar refractivity (Wildman–Crippen MR) is 111 cm³/mol. The minimum absolute atomic E-state index is 0.0807. The van der Waals surface area contributed by atoms with Gasteiger partial charge in [-0.15, -0.1) is 0 Å². The topological polar surface area (TPSA) is 151 Å². The van der Waals surface area contributed by atoms with Gasteiger partial charge >= 0.3 is 5.97 Å². The number of carboxylic acid groups (broad SMARTS) is 1. The Kier molecular flexibility index (Phi) is 11.5. The van der Waals surface area contributed by atoms with Crippen molar-refractivity contribution in [2.24, 2.45) is 23.5 Å². The summed E-state index contributed by atoms with van der Waals surface area (Å²) >= 11 is 0. The molecule has 5 unspecified atom stereocenters. The molecule has 0 fully saturated rings. The molecular formula is C20H38N4O5. The highest BCUT2D eigenvalue weighted by Crippen LogP contribution is 2.11. The standard InChI is InChI=1S/C20H38N4O5/c1-8-12(6)16(20(28)29)24-18(26)14(9-10(2)3)23-17(25)13(7)22-19(27)15(21)11(4)5/h10-16H,8-9,21H2,1-7H3,(H,22,27)(H,23,25)(H,24,26)(H,28,29). The van der Waals surface area contributed by atoms with Gasteiger partial charge in [-0.05, 0) is 31.1 Å². The number of amides is 3. The summed E-state index contributed by atoms with van der Waals surface area (Å²) < 4.78 is 0. The molecule has 0 aromatic rings. The maximum atomic E-state index is 12.7. The molecule has 0 rings (SSSR count). The van der Waals surface area contributed by atoms with E-state index in [0.717, 1.165) is 0 Å². The van der Waals surface area contributed by atoms with Crippen molar-refractivity contribution >= 4 is 23.7 Å². The van der Waals surface area contributed by atoms with Gasteiger partial charge in [-0.3, -0.25) is 14.4 Å². The van der Waals surface area contributed by atoms with Crippen LogP contribution in [0.3, 0.4) is 0 Å². The van der Waals surface area contributed by atoms with Crippen LogP contribution in [0.2, 0.25) is 0 Å². The van der Waals surface area contributed by atoms with Gasteiger partial charge in [0.05, 0.1) is 6.04 Å². The molecule has 0 aromatic heterocycles. The lowest BCUT2D eigenvalue weighted by Gasteiger charge is -2.26. The van der Waals surface area contributed by atoms with Gasteiger partial charge in [-0.1, -0.05) is 48.0 Å². The lowest BCUT2D eigenvalue weighted by atomic mass is 9.97. The van der Waals surface area contributed by atoms with E-state index < -0.39 is 47.9 Å². The van der Waals surface area contributed by atoms with E-state index in [1.165, 1.54) is 6.92 Å². The van der Waals surface area contributed by atoms with Crippen molar-refractivity contribution in [2.45, 2.75) is 85.5 Å². The third kappa shape index (κ3) is 9.25. The number of carbonyl (C=O) groups is 4. The zero-order valence-corrected chi connectivity index (χ0v) is 18.6.